The second-order valence-electron chi connectivity index (χ2n) is 7.75. The molecule has 1 atom stereocenters. The number of urea groups is 1. The molecule has 8 heteroatoms. The lowest BCUT2D eigenvalue weighted by Gasteiger charge is -2.35. The lowest BCUT2D eigenvalue weighted by atomic mass is 9.90. The molecular weight excluding hydrogens is 443 g/mol. The number of halogens is 2. The standard InChI is InChI=1S/C22H26Cl2N2O3S/c1-30(28,29)20(14-18-8-5-9-19(23)21(18)24)17-10-12-26(13-11-17)22(27)25-15-16-6-3-2-4-7-16/h2-9,17,20H,10-15H2,1H3,(H,25,27). The van der Waals surface area contributed by atoms with Gasteiger partial charge in [-0.1, -0.05) is 65.7 Å². The van der Waals surface area contributed by atoms with Crippen molar-refractivity contribution in [1.82, 2.24) is 10.2 Å². The van der Waals surface area contributed by atoms with Crippen LogP contribution in [0, 0.1) is 5.92 Å². The summed E-state index contributed by atoms with van der Waals surface area (Å²) < 4.78 is 25.1. The Balaban J connectivity index is 1.60. The number of benzene rings is 2. The number of amides is 2. The minimum atomic E-state index is -3.30. The van der Waals surface area contributed by atoms with Crippen molar-refractivity contribution >= 4 is 39.1 Å². The van der Waals surface area contributed by atoms with E-state index in [0.29, 0.717) is 48.9 Å². The largest absolute Gasteiger partial charge is 0.334 e. The van der Waals surface area contributed by atoms with Crippen LogP contribution in [0.3, 0.4) is 0 Å². The number of likely N-dealkylation sites (tertiary alicyclic amines) is 1. The van der Waals surface area contributed by atoms with Crippen molar-refractivity contribution in [3.63, 3.8) is 0 Å². The highest BCUT2D eigenvalue weighted by atomic mass is 35.5. The van der Waals surface area contributed by atoms with Crippen molar-refractivity contribution in [2.24, 2.45) is 5.92 Å². The molecule has 1 aliphatic rings. The number of hydrogen-bond donors (Lipinski definition) is 1. The minimum absolute atomic E-state index is 0.0341. The third kappa shape index (κ3) is 5.90. The molecule has 3 rings (SSSR count). The molecule has 0 spiro atoms. The van der Waals surface area contributed by atoms with Crippen molar-refractivity contribution in [2.45, 2.75) is 31.1 Å². The second-order valence-corrected chi connectivity index (χ2v) is 10.8. The Hall–Kier alpha value is -1.76. The van der Waals surface area contributed by atoms with Crippen LogP contribution in [0.1, 0.15) is 24.0 Å². The van der Waals surface area contributed by atoms with Gasteiger partial charge >= 0.3 is 6.03 Å². The van der Waals surface area contributed by atoms with Gasteiger partial charge < -0.3 is 10.2 Å². The van der Waals surface area contributed by atoms with Gasteiger partial charge in [0.05, 0.1) is 15.3 Å². The molecular formula is C22H26Cl2N2O3S. The summed E-state index contributed by atoms with van der Waals surface area (Å²) in [5.41, 5.74) is 1.78. The van der Waals surface area contributed by atoms with E-state index in [4.69, 9.17) is 23.2 Å². The molecule has 0 saturated carbocycles. The number of carbonyl (C=O) groups excluding carboxylic acids is 1. The number of sulfone groups is 1. The minimum Gasteiger partial charge on any atom is -0.334 e. The van der Waals surface area contributed by atoms with E-state index in [1.54, 1.807) is 17.0 Å². The number of nitrogens with zero attached hydrogens (tertiary/aromatic N) is 1. The molecule has 162 valence electrons. The van der Waals surface area contributed by atoms with Crippen LogP contribution >= 0.6 is 23.2 Å². The van der Waals surface area contributed by atoms with Gasteiger partial charge in [-0.05, 0) is 42.4 Å². The molecule has 2 aromatic carbocycles. The Morgan fingerprint density at radius 3 is 2.40 bits per heavy atom. The van der Waals surface area contributed by atoms with Crippen LogP contribution in [-0.2, 0) is 22.8 Å². The maximum absolute atomic E-state index is 12.5. The van der Waals surface area contributed by atoms with E-state index in [2.05, 4.69) is 5.32 Å². The molecule has 5 nitrogen and oxygen atoms in total. The molecule has 2 amide bonds. The molecule has 2 aromatic rings. The first kappa shape index (κ1) is 22.9. The summed E-state index contributed by atoms with van der Waals surface area (Å²) in [7, 11) is -3.30. The van der Waals surface area contributed by atoms with Gasteiger partial charge in [0.1, 0.15) is 0 Å². The van der Waals surface area contributed by atoms with Gasteiger partial charge in [-0.25, -0.2) is 13.2 Å². The summed E-state index contributed by atoms with van der Waals surface area (Å²) in [6.07, 6.45) is 2.86. The Labute approximate surface area is 188 Å². The number of rotatable bonds is 6. The first-order valence-corrected chi connectivity index (χ1v) is 12.6. The first-order valence-electron chi connectivity index (χ1n) is 9.94. The van der Waals surface area contributed by atoms with Gasteiger partial charge in [0.2, 0.25) is 0 Å². The number of piperidine rings is 1. The normalized spacial score (nSPS) is 16.3. The van der Waals surface area contributed by atoms with Gasteiger partial charge in [-0.2, -0.15) is 0 Å². The lowest BCUT2D eigenvalue weighted by molar-refractivity contribution is 0.168. The van der Waals surface area contributed by atoms with E-state index in [1.165, 1.54) is 6.26 Å². The maximum Gasteiger partial charge on any atom is 0.317 e. The van der Waals surface area contributed by atoms with Crippen molar-refractivity contribution in [2.75, 3.05) is 19.3 Å². The molecule has 1 saturated heterocycles. The van der Waals surface area contributed by atoms with Crippen LogP contribution in [-0.4, -0.2) is 43.9 Å². The number of nitrogens with one attached hydrogen (secondary N) is 1. The molecule has 30 heavy (non-hydrogen) atoms. The Kier molecular flexibility index (Phi) is 7.66. The zero-order valence-corrected chi connectivity index (χ0v) is 19.2. The van der Waals surface area contributed by atoms with Crippen molar-refractivity contribution in [3.05, 3.63) is 69.7 Å². The highest BCUT2D eigenvalue weighted by Crippen LogP contribution is 2.32. The molecule has 0 aliphatic carbocycles. The fourth-order valence-electron chi connectivity index (χ4n) is 3.95. The third-order valence-electron chi connectivity index (χ3n) is 5.64. The molecule has 1 aliphatic heterocycles. The van der Waals surface area contributed by atoms with Crippen molar-refractivity contribution in [3.8, 4) is 0 Å². The molecule has 1 N–H and O–H groups in total. The molecule has 0 radical (unpaired) electrons. The van der Waals surface area contributed by atoms with Gasteiger partial charge in [0.25, 0.3) is 0 Å². The molecule has 1 heterocycles. The summed E-state index contributed by atoms with van der Waals surface area (Å²) in [6.45, 7) is 1.53. The smallest absolute Gasteiger partial charge is 0.317 e. The predicted molar refractivity (Wildman–Crippen MR) is 122 cm³/mol. The topological polar surface area (TPSA) is 66.5 Å². The second kappa shape index (κ2) is 10.0. The van der Waals surface area contributed by atoms with E-state index in [9.17, 15) is 13.2 Å². The number of carbonyl (C=O) groups is 1. The quantitative estimate of drug-likeness (QED) is 0.674. The van der Waals surface area contributed by atoms with Gasteiger partial charge in [0, 0.05) is 25.9 Å². The van der Waals surface area contributed by atoms with E-state index in [-0.39, 0.29) is 11.9 Å². The maximum atomic E-state index is 12.5. The summed E-state index contributed by atoms with van der Waals surface area (Å²) in [4.78, 5) is 14.2. The zero-order chi connectivity index (χ0) is 21.7. The van der Waals surface area contributed by atoms with E-state index in [0.717, 1.165) is 11.1 Å². The average molecular weight is 469 g/mol. The summed E-state index contributed by atoms with van der Waals surface area (Å²) in [6, 6.07) is 14.9. The van der Waals surface area contributed by atoms with Crippen LogP contribution in [0.25, 0.3) is 0 Å². The average Bonchev–Trinajstić information content (AvgIpc) is 2.73. The first-order chi connectivity index (χ1) is 14.3. The van der Waals surface area contributed by atoms with Gasteiger partial charge in [-0.15, -0.1) is 0 Å². The van der Waals surface area contributed by atoms with E-state index < -0.39 is 15.1 Å². The Morgan fingerprint density at radius 1 is 1.10 bits per heavy atom. The summed E-state index contributed by atoms with van der Waals surface area (Å²) in [5.74, 6) is -0.0341. The molecule has 1 fully saturated rings. The zero-order valence-electron chi connectivity index (χ0n) is 16.9. The van der Waals surface area contributed by atoms with Crippen molar-refractivity contribution < 1.29 is 13.2 Å². The molecule has 0 aromatic heterocycles. The van der Waals surface area contributed by atoms with Crippen molar-refractivity contribution in [1.29, 1.82) is 0 Å². The SMILES string of the molecule is CS(=O)(=O)C(Cc1cccc(Cl)c1Cl)C1CCN(C(=O)NCc2ccccc2)CC1. The Bertz CT molecular complexity index is 975. The summed E-state index contributed by atoms with van der Waals surface area (Å²) in [5, 5.41) is 3.21. The van der Waals surface area contributed by atoms with Crippen LogP contribution in [0.4, 0.5) is 4.79 Å². The summed E-state index contributed by atoms with van der Waals surface area (Å²) >= 11 is 12.4. The fourth-order valence-corrected chi connectivity index (χ4v) is 5.80. The predicted octanol–water partition coefficient (Wildman–Crippen LogP) is 4.57. The molecule has 1 unspecified atom stereocenters. The lowest BCUT2D eigenvalue weighted by Crippen LogP contribution is -2.47. The highest BCUT2D eigenvalue weighted by molar-refractivity contribution is 7.91. The van der Waals surface area contributed by atoms with Crippen LogP contribution in [0.5, 0.6) is 0 Å². The third-order valence-corrected chi connectivity index (χ3v) is 8.15. The van der Waals surface area contributed by atoms with Crippen LogP contribution in [0.15, 0.2) is 48.5 Å². The van der Waals surface area contributed by atoms with E-state index in [1.807, 2.05) is 36.4 Å². The fraction of sp³-hybridized carbons (Fsp3) is 0.409. The highest BCUT2D eigenvalue weighted by Gasteiger charge is 2.34. The monoisotopic (exact) mass is 468 g/mol. The molecule has 0 bridgehead atoms. The number of hydrogen-bond acceptors (Lipinski definition) is 3. The van der Waals surface area contributed by atoms with Gasteiger partial charge in [0.15, 0.2) is 9.84 Å². The van der Waals surface area contributed by atoms with E-state index >= 15 is 0 Å². The Morgan fingerprint density at radius 2 is 1.77 bits per heavy atom. The van der Waals surface area contributed by atoms with Crippen LogP contribution in [0.2, 0.25) is 10.0 Å². The van der Waals surface area contributed by atoms with Crippen LogP contribution < -0.4 is 5.32 Å². The van der Waals surface area contributed by atoms with Gasteiger partial charge in [-0.3, -0.25) is 0 Å².